The molecule has 1 rings (SSSR count). The van der Waals surface area contributed by atoms with Crippen molar-refractivity contribution in [1.29, 1.82) is 0 Å². The van der Waals surface area contributed by atoms with E-state index in [1.165, 1.54) is 12.1 Å². The predicted octanol–water partition coefficient (Wildman–Crippen LogP) is 0.501. The van der Waals surface area contributed by atoms with E-state index in [-0.39, 0.29) is 6.42 Å². The molecular formula is C8H8N3O7P2-3. The Morgan fingerprint density at radius 3 is 2.30 bits per heavy atom. The summed E-state index contributed by atoms with van der Waals surface area (Å²) >= 11 is 0. The van der Waals surface area contributed by atoms with E-state index in [9.17, 15) is 23.8 Å². The second-order valence-corrected chi connectivity index (χ2v) is 6.12. The van der Waals surface area contributed by atoms with Crippen LogP contribution in [0.15, 0.2) is 29.4 Å². The molecule has 0 spiro atoms. The number of phosphoric acid groups is 2. The van der Waals surface area contributed by atoms with Crippen LogP contribution in [-0.4, -0.2) is 6.61 Å². The zero-order valence-corrected chi connectivity index (χ0v) is 11.6. The molecule has 10 nitrogen and oxygen atoms in total. The van der Waals surface area contributed by atoms with Gasteiger partial charge in [0, 0.05) is 10.6 Å². The third-order valence-electron chi connectivity index (χ3n) is 1.94. The van der Waals surface area contributed by atoms with Crippen LogP contribution in [-0.2, 0) is 24.4 Å². The van der Waals surface area contributed by atoms with Crippen molar-refractivity contribution in [2.75, 3.05) is 6.61 Å². The van der Waals surface area contributed by atoms with Gasteiger partial charge in [0.05, 0.1) is 14.4 Å². The number of hydrogen-bond acceptors (Lipinski definition) is 8. The highest BCUT2D eigenvalue weighted by molar-refractivity contribution is 7.58. The Balaban J connectivity index is 2.50. The van der Waals surface area contributed by atoms with E-state index >= 15 is 0 Å². The van der Waals surface area contributed by atoms with Crippen molar-refractivity contribution >= 4 is 21.3 Å². The van der Waals surface area contributed by atoms with E-state index in [2.05, 4.69) is 18.9 Å². The minimum absolute atomic E-state index is 0.119. The van der Waals surface area contributed by atoms with Gasteiger partial charge in [-0.05, 0) is 17.5 Å². The highest BCUT2D eigenvalue weighted by atomic mass is 31.3. The molecule has 0 saturated carbocycles. The van der Waals surface area contributed by atoms with Crippen LogP contribution in [0.5, 0.6) is 0 Å². The van der Waals surface area contributed by atoms with Crippen LogP contribution in [0.25, 0.3) is 10.4 Å². The minimum Gasteiger partial charge on any atom is -0.790 e. The fraction of sp³-hybridized carbons (Fsp3) is 0.250. The van der Waals surface area contributed by atoms with Crippen LogP contribution in [0.4, 0.5) is 5.69 Å². The van der Waals surface area contributed by atoms with Crippen molar-refractivity contribution in [2.24, 2.45) is 5.11 Å². The zero-order valence-electron chi connectivity index (χ0n) is 9.82. The lowest BCUT2D eigenvalue weighted by molar-refractivity contribution is -0.339. The number of phosphoric ester groups is 1. The van der Waals surface area contributed by atoms with Crippen LogP contribution >= 0.6 is 15.6 Å². The van der Waals surface area contributed by atoms with Gasteiger partial charge in [-0.1, -0.05) is 29.4 Å². The first-order chi connectivity index (χ1) is 9.22. The van der Waals surface area contributed by atoms with E-state index in [1.807, 2.05) is 0 Å². The summed E-state index contributed by atoms with van der Waals surface area (Å²) in [5, 5.41) is 3.34. The van der Waals surface area contributed by atoms with Gasteiger partial charge in [0.1, 0.15) is 0 Å². The Morgan fingerprint density at radius 1 is 1.20 bits per heavy atom. The Bertz CT molecular complexity index is 593. The van der Waals surface area contributed by atoms with Crippen molar-refractivity contribution < 1.29 is 32.6 Å². The second kappa shape index (κ2) is 6.99. The van der Waals surface area contributed by atoms with Gasteiger partial charge in [-0.15, -0.1) is 0 Å². The smallest absolute Gasteiger partial charge is 0.271 e. The summed E-state index contributed by atoms with van der Waals surface area (Å²) in [7, 11) is -10.8. The van der Waals surface area contributed by atoms with Crippen molar-refractivity contribution in [3.63, 3.8) is 0 Å². The maximum Gasteiger partial charge on any atom is 0.271 e. The second-order valence-electron chi connectivity index (χ2n) is 3.42. The molecule has 0 bridgehead atoms. The highest BCUT2D eigenvalue weighted by Crippen LogP contribution is 2.50. The summed E-state index contributed by atoms with van der Waals surface area (Å²) in [5.41, 5.74) is 9.23. The summed E-state index contributed by atoms with van der Waals surface area (Å²) in [6.45, 7) is -0.401. The third-order valence-corrected chi connectivity index (χ3v) is 4.04. The molecule has 1 unspecified atom stereocenters. The average molecular weight is 320 g/mol. The fourth-order valence-corrected chi connectivity index (χ4v) is 2.69. The number of rotatable bonds is 7. The lowest BCUT2D eigenvalue weighted by Crippen LogP contribution is -2.19. The molecule has 0 aromatic heterocycles. The Morgan fingerprint density at radius 2 is 1.80 bits per heavy atom. The number of benzene rings is 1. The fourth-order valence-electron chi connectivity index (χ4n) is 1.20. The molecule has 20 heavy (non-hydrogen) atoms. The third kappa shape index (κ3) is 6.81. The van der Waals surface area contributed by atoms with E-state index in [0.717, 1.165) is 0 Å². The predicted molar refractivity (Wildman–Crippen MR) is 61.2 cm³/mol. The van der Waals surface area contributed by atoms with Crippen LogP contribution in [0.1, 0.15) is 5.56 Å². The molecule has 0 amide bonds. The van der Waals surface area contributed by atoms with Gasteiger partial charge in [-0.3, -0.25) is 8.88 Å². The number of azide groups is 1. The van der Waals surface area contributed by atoms with Crippen LogP contribution < -0.4 is 14.7 Å². The molecule has 0 aliphatic rings. The lowest BCUT2D eigenvalue weighted by Gasteiger charge is -2.35. The summed E-state index contributed by atoms with van der Waals surface area (Å²) in [6, 6.07) is 6.14. The molecule has 1 aromatic rings. The van der Waals surface area contributed by atoms with Crippen molar-refractivity contribution in [3.8, 4) is 0 Å². The molecule has 0 aliphatic heterocycles. The first-order valence-corrected chi connectivity index (χ1v) is 7.97. The topological polar surface area (TPSA) is 171 Å². The Hall–Kier alpha value is -1.21. The number of hydrogen-bond donors (Lipinski definition) is 0. The molecule has 0 fully saturated rings. The molecule has 0 heterocycles. The van der Waals surface area contributed by atoms with Crippen LogP contribution in [0, 0.1) is 0 Å². The summed E-state index contributed by atoms with van der Waals surface area (Å²) in [4.78, 5) is 33.8. The summed E-state index contributed by atoms with van der Waals surface area (Å²) in [6.07, 6.45) is 0.119. The SMILES string of the molecule is [N-]=[N+]=Nc1ccc(CCOP(=O)([O-])OP(=O)([O-])[O-])cc1. The van der Waals surface area contributed by atoms with E-state index in [4.69, 9.17) is 5.53 Å². The Kier molecular flexibility index (Phi) is 5.88. The lowest BCUT2D eigenvalue weighted by atomic mass is 10.1. The molecule has 1 aromatic carbocycles. The van der Waals surface area contributed by atoms with Crippen LogP contribution in [0.3, 0.4) is 0 Å². The first-order valence-electron chi connectivity index (χ1n) is 5.05. The maximum absolute atomic E-state index is 10.9. The molecule has 12 heteroatoms. The van der Waals surface area contributed by atoms with E-state index in [0.29, 0.717) is 11.3 Å². The maximum atomic E-state index is 10.9. The zero-order chi connectivity index (χ0) is 15.2. The summed E-state index contributed by atoms with van der Waals surface area (Å²) in [5.74, 6) is 0. The standard InChI is InChI=1S/C8H11N3O7P2/c9-11-10-8-3-1-7(2-4-8)5-6-17-20(15,16)18-19(12,13)14/h1-4H,5-6H2,(H,15,16)(H2,12,13,14)/p-3. The molecule has 0 N–H and O–H groups in total. The van der Waals surface area contributed by atoms with Gasteiger partial charge in [-0.25, -0.2) is 0 Å². The molecule has 0 aliphatic carbocycles. The van der Waals surface area contributed by atoms with Gasteiger partial charge >= 0.3 is 0 Å². The molecule has 1 atom stereocenters. The van der Waals surface area contributed by atoms with Crippen molar-refractivity contribution in [2.45, 2.75) is 6.42 Å². The van der Waals surface area contributed by atoms with Gasteiger partial charge in [0.2, 0.25) is 0 Å². The monoisotopic (exact) mass is 320 g/mol. The van der Waals surface area contributed by atoms with Gasteiger partial charge in [0.15, 0.2) is 0 Å². The van der Waals surface area contributed by atoms with E-state index in [1.54, 1.807) is 12.1 Å². The molecule has 110 valence electrons. The normalized spacial score (nSPS) is 14.3. The van der Waals surface area contributed by atoms with Gasteiger partial charge in [-0.2, -0.15) is 0 Å². The summed E-state index contributed by atoms with van der Waals surface area (Å²) < 4.78 is 28.6. The van der Waals surface area contributed by atoms with Gasteiger partial charge in [0.25, 0.3) is 7.82 Å². The van der Waals surface area contributed by atoms with Crippen LogP contribution in [0.2, 0.25) is 0 Å². The molecular weight excluding hydrogens is 312 g/mol. The quantitative estimate of drug-likeness (QED) is 0.304. The molecule has 0 saturated heterocycles. The molecule has 0 radical (unpaired) electrons. The van der Waals surface area contributed by atoms with E-state index < -0.39 is 22.3 Å². The largest absolute Gasteiger partial charge is 0.790 e. The minimum atomic E-state index is -5.66. The highest BCUT2D eigenvalue weighted by Gasteiger charge is 2.11. The van der Waals surface area contributed by atoms with Crippen molar-refractivity contribution in [3.05, 3.63) is 40.3 Å². The van der Waals surface area contributed by atoms with Gasteiger partial charge < -0.3 is 23.8 Å². The number of nitrogens with zero attached hydrogens (tertiary/aromatic N) is 3. The first kappa shape index (κ1) is 16.8. The Labute approximate surface area is 113 Å². The van der Waals surface area contributed by atoms with Crippen molar-refractivity contribution in [1.82, 2.24) is 0 Å². The average Bonchev–Trinajstić information content (AvgIpc) is 2.28.